The third-order valence-electron chi connectivity index (χ3n) is 10.8. The highest BCUT2D eigenvalue weighted by molar-refractivity contribution is 8.01. The monoisotopic (exact) mass is 849 g/mol. The number of methoxy groups -OCH3 is 1. The Bertz CT molecular complexity index is 2120. The molecule has 59 heavy (non-hydrogen) atoms. The first-order valence-electron chi connectivity index (χ1n) is 20.6. The first-order valence-corrected chi connectivity index (χ1v) is 25.0. The predicted molar refractivity (Wildman–Crippen MR) is 244 cm³/mol. The van der Waals surface area contributed by atoms with Crippen LogP contribution in [0.3, 0.4) is 0 Å². The number of rotatable bonds is 21. The van der Waals surface area contributed by atoms with Gasteiger partial charge in [-0.25, -0.2) is 17.9 Å². The maximum absolute atomic E-state index is 14.4. The van der Waals surface area contributed by atoms with E-state index in [1.165, 1.54) is 55.8 Å². The number of benzene rings is 5. The van der Waals surface area contributed by atoms with Crippen molar-refractivity contribution in [2.45, 2.75) is 106 Å². The molecule has 3 atom stereocenters. The number of hydrogen-bond donors (Lipinski definition) is 1. The molecule has 3 unspecified atom stereocenters. The molecule has 0 aliphatic rings. The molecular weight excluding hydrogens is 791 g/mol. The standard InChI is InChI=1S/C49H59NO6S2Si/c1-38(47(51)50-58(53,54)41-31-18-11-19-32-41)57-46(44-37-25-24-30-40(44)29-17-9-7-6-8-14-26-39-27-15-10-16-28-39)45(48(52)55-5)56-59(49(2,3)4,42-33-20-12-21-34-42)43-35-22-13-23-36-43/h10-13,15-16,18-25,27-28,30-38,45-46H,6-9,14,17,26,29H2,1-5H3,(H,50,51). The third-order valence-corrected chi connectivity index (χ3v) is 18.6. The molecule has 1 N–H and O–H groups in total. The van der Waals surface area contributed by atoms with E-state index >= 15 is 0 Å². The summed E-state index contributed by atoms with van der Waals surface area (Å²) < 4.78 is 42.1. The van der Waals surface area contributed by atoms with E-state index in [4.69, 9.17) is 9.16 Å². The lowest BCUT2D eigenvalue weighted by molar-refractivity contribution is -0.149. The number of esters is 1. The number of aryl methyl sites for hydroxylation is 2. The summed E-state index contributed by atoms with van der Waals surface area (Å²) in [5.41, 5.74) is 3.29. The van der Waals surface area contributed by atoms with E-state index in [1.54, 1.807) is 25.1 Å². The molecule has 0 bridgehead atoms. The van der Waals surface area contributed by atoms with Crippen LogP contribution in [-0.4, -0.2) is 47.1 Å². The molecule has 10 heteroatoms. The molecule has 0 saturated heterocycles. The fourth-order valence-electron chi connectivity index (χ4n) is 7.73. The molecule has 5 aromatic carbocycles. The summed E-state index contributed by atoms with van der Waals surface area (Å²) in [6.45, 7) is 8.12. The topological polar surface area (TPSA) is 98.8 Å². The molecule has 0 spiro atoms. The second kappa shape index (κ2) is 21.7. The van der Waals surface area contributed by atoms with Gasteiger partial charge in [-0.15, -0.1) is 11.8 Å². The lowest BCUT2D eigenvalue weighted by atomic mass is 9.96. The van der Waals surface area contributed by atoms with E-state index in [2.05, 4.69) is 86.2 Å². The molecule has 0 radical (unpaired) electrons. The first kappa shape index (κ1) is 45.6. The largest absolute Gasteiger partial charge is 0.467 e. The van der Waals surface area contributed by atoms with E-state index in [1.807, 2.05) is 54.6 Å². The number of unbranched alkanes of at least 4 members (excludes halogenated alkanes) is 5. The number of carbonyl (C=O) groups is 2. The van der Waals surface area contributed by atoms with Crippen molar-refractivity contribution < 1.29 is 27.2 Å². The van der Waals surface area contributed by atoms with Gasteiger partial charge in [0, 0.05) is 0 Å². The Hall–Kier alpha value is -4.48. The smallest absolute Gasteiger partial charge is 0.335 e. The van der Waals surface area contributed by atoms with Crippen LogP contribution in [0.1, 0.15) is 88.2 Å². The number of thioether (sulfide) groups is 1. The van der Waals surface area contributed by atoms with Gasteiger partial charge in [-0.05, 0) is 76.8 Å². The second-order valence-corrected chi connectivity index (χ2v) is 23.4. The van der Waals surface area contributed by atoms with Crippen LogP contribution >= 0.6 is 11.8 Å². The van der Waals surface area contributed by atoms with Crippen molar-refractivity contribution in [2.24, 2.45) is 0 Å². The maximum atomic E-state index is 14.4. The molecule has 312 valence electrons. The van der Waals surface area contributed by atoms with Crippen LogP contribution in [0.2, 0.25) is 5.04 Å². The molecular formula is C49H59NO6S2Si. The first-order chi connectivity index (χ1) is 28.4. The SMILES string of the molecule is COC(=O)C(O[Si](c1ccccc1)(c1ccccc1)C(C)(C)C)C(SC(C)C(=O)NS(=O)(=O)c1ccccc1)c1ccccc1CCCCCCCCc1ccccc1. The van der Waals surface area contributed by atoms with Gasteiger partial charge in [-0.1, -0.05) is 180 Å². The van der Waals surface area contributed by atoms with Crippen molar-refractivity contribution in [3.63, 3.8) is 0 Å². The number of amides is 1. The van der Waals surface area contributed by atoms with Gasteiger partial charge in [0.05, 0.1) is 22.5 Å². The minimum atomic E-state index is -4.14. The molecule has 0 fully saturated rings. The summed E-state index contributed by atoms with van der Waals surface area (Å²) in [5, 5.41) is -0.123. The quantitative estimate of drug-likeness (QED) is 0.0446. The molecule has 5 rings (SSSR count). The van der Waals surface area contributed by atoms with Crippen molar-refractivity contribution in [1.29, 1.82) is 0 Å². The van der Waals surface area contributed by atoms with Gasteiger partial charge >= 0.3 is 5.97 Å². The Morgan fingerprint density at radius 1 is 0.661 bits per heavy atom. The van der Waals surface area contributed by atoms with Crippen molar-refractivity contribution in [1.82, 2.24) is 4.72 Å². The summed E-state index contributed by atoms with van der Waals surface area (Å²) in [7, 11) is -6.12. The molecule has 5 aromatic rings. The van der Waals surface area contributed by atoms with E-state index in [0.717, 1.165) is 53.6 Å². The number of nitrogens with one attached hydrogen (secondary N) is 1. The van der Waals surface area contributed by atoms with Crippen molar-refractivity contribution in [2.75, 3.05) is 7.11 Å². The van der Waals surface area contributed by atoms with Crippen LogP contribution in [-0.2, 0) is 41.6 Å². The van der Waals surface area contributed by atoms with Crippen LogP contribution in [0.4, 0.5) is 0 Å². The summed E-state index contributed by atoms with van der Waals surface area (Å²) in [4.78, 5) is 28.3. The number of carbonyl (C=O) groups excluding carboxylic acids is 2. The highest BCUT2D eigenvalue weighted by atomic mass is 32.2. The normalized spacial score (nSPS) is 13.6. The molecule has 0 heterocycles. The van der Waals surface area contributed by atoms with E-state index in [0.29, 0.717) is 0 Å². The summed E-state index contributed by atoms with van der Waals surface area (Å²) in [6, 6.07) is 46.7. The Balaban J connectivity index is 1.49. The van der Waals surface area contributed by atoms with Gasteiger partial charge in [-0.2, -0.15) is 0 Å². The molecule has 0 aromatic heterocycles. The van der Waals surface area contributed by atoms with Gasteiger partial charge in [0.2, 0.25) is 5.91 Å². The molecule has 0 saturated carbocycles. The van der Waals surface area contributed by atoms with Crippen LogP contribution < -0.4 is 15.1 Å². The van der Waals surface area contributed by atoms with E-state index < -0.39 is 51.9 Å². The van der Waals surface area contributed by atoms with Crippen molar-refractivity contribution >= 4 is 52.4 Å². The molecule has 0 aliphatic heterocycles. The number of ether oxygens (including phenoxy) is 1. The fraction of sp³-hybridized carbons (Fsp3) is 0.347. The van der Waals surface area contributed by atoms with Gasteiger partial charge in [0.25, 0.3) is 18.3 Å². The summed E-state index contributed by atoms with van der Waals surface area (Å²) >= 11 is 1.22. The van der Waals surface area contributed by atoms with Gasteiger partial charge in [0.15, 0.2) is 6.10 Å². The minimum absolute atomic E-state index is 0.00825. The van der Waals surface area contributed by atoms with Crippen LogP contribution in [0.25, 0.3) is 0 Å². The Labute approximate surface area is 357 Å². The minimum Gasteiger partial charge on any atom is -0.467 e. The second-order valence-electron chi connectivity index (χ2n) is 16.0. The number of hydrogen-bond acceptors (Lipinski definition) is 7. The Morgan fingerprint density at radius 2 is 1.14 bits per heavy atom. The van der Waals surface area contributed by atoms with Gasteiger partial charge < -0.3 is 9.16 Å². The molecule has 7 nitrogen and oxygen atoms in total. The maximum Gasteiger partial charge on any atom is 0.335 e. The average molecular weight is 850 g/mol. The highest BCUT2D eigenvalue weighted by Gasteiger charge is 2.54. The zero-order valence-electron chi connectivity index (χ0n) is 35.0. The molecule has 0 aliphatic carbocycles. The van der Waals surface area contributed by atoms with Gasteiger partial charge in [-0.3, -0.25) is 4.79 Å². The van der Waals surface area contributed by atoms with Crippen molar-refractivity contribution in [3.8, 4) is 0 Å². The number of sulfonamides is 1. The van der Waals surface area contributed by atoms with E-state index in [-0.39, 0.29) is 4.90 Å². The summed E-state index contributed by atoms with van der Waals surface area (Å²) in [6.07, 6.45) is 7.38. The van der Waals surface area contributed by atoms with E-state index in [9.17, 15) is 18.0 Å². The van der Waals surface area contributed by atoms with Crippen LogP contribution in [0.15, 0.2) is 150 Å². The lowest BCUT2D eigenvalue weighted by Gasteiger charge is -2.46. The predicted octanol–water partition coefficient (Wildman–Crippen LogP) is 9.60. The van der Waals surface area contributed by atoms with Crippen molar-refractivity contribution in [3.05, 3.63) is 162 Å². The highest BCUT2D eigenvalue weighted by Crippen LogP contribution is 2.44. The van der Waals surface area contributed by atoms with Crippen LogP contribution in [0, 0.1) is 0 Å². The third kappa shape index (κ3) is 12.1. The van der Waals surface area contributed by atoms with Gasteiger partial charge in [0.1, 0.15) is 0 Å². The van der Waals surface area contributed by atoms with Crippen LogP contribution in [0.5, 0.6) is 0 Å². The summed E-state index contributed by atoms with van der Waals surface area (Å²) in [5.74, 6) is -1.26. The lowest BCUT2D eigenvalue weighted by Crippen LogP contribution is -2.68. The Morgan fingerprint density at radius 3 is 1.68 bits per heavy atom. The zero-order chi connectivity index (χ0) is 42.3. The zero-order valence-corrected chi connectivity index (χ0v) is 37.6. The fourth-order valence-corrected chi connectivity index (χ4v) is 14.9. The average Bonchev–Trinajstić information content (AvgIpc) is 3.25. The molecule has 1 amide bonds. The Kier molecular flexibility index (Phi) is 16.8.